The average molecular weight is 241 g/mol. The fraction of sp³-hybridized carbons (Fsp3) is 0.462. The van der Waals surface area contributed by atoms with Crippen LogP contribution in [0.1, 0.15) is 37.0 Å². The SMILES string of the molecule is CCCC(C)C(=O)c1ccc(OC)cc1Cl. The average Bonchev–Trinajstić information content (AvgIpc) is 2.28. The van der Waals surface area contributed by atoms with E-state index in [0.717, 1.165) is 12.8 Å². The zero-order chi connectivity index (χ0) is 12.1. The molecule has 0 radical (unpaired) electrons. The Morgan fingerprint density at radius 3 is 2.69 bits per heavy atom. The number of Topliss-reactive ketones (excluding diaryl/α,β-unsaturated/α-hetero) is 1. The highest BCUT2D eigenvalue weighted by Gasteiger charge is 2.17. The first-order valence-corrected chi connectivity index (χ1v) is 5.85. The van der Waals surface area contributed by atoms with E-state index in [0.29, 0.717) is 16.3 Å². The first-order valence-electron chi connectivity index (χ1n) is 5.47. The topological polar surface area (TPSA) is 26.3 Å². The van der Waals surface area contributed by atoms with E-state index < -0.39 is 0 Å². The van der Waals surface area contributed by atoms with E-state index in [9.17, 15) is 4.79 Å². The molecule has 0 aromatic heterocycles. The third kappa shape index (κ3) is 2.99. The maximum Gasteiger partial charge on any atom is 0.167 e. The van der Waals surface area contributed by atoms with Gasteiger partial charge in [0.15, 0.2) is 5.78 Å². The van der Waals surface area contributed by atoms with Crippen molar-refractivity contribution in [2.24, 2.45) is 5.92 Å². The maximum absolute atomic E-state index is 12.0. The third-order valence-corrected chi connectivity index (χ3v) is 2.92. The Morgan fingerprint density at radius 2 is 2.19 bits per heavy atom. The summed E-state index contributed by atoms with van der Waals surface area (Å²) in [7, 11) is 1.58. The van der Waals surface area contributed by atoms with Gasteiger partial charge in [0.05, 0.1) is 12.1 Å². The number of methoxy groups -OCH3 is 1. The second-order valence-corrected chi connectivity index (χ2v) is 4.31. The Bertz CT molecular complexity index is 374. The van der Waals surface area contributed by atoms with Gasteiger partial charge in [-0.2, -0.15) is 0 Å². The van der Waals surface area contributed by atoms with Crippen LogP contribution < -0.4 is 4.74 Å². The van der Waals surface area contributed by atoms with Gasteiger partial charge in [-0.3, -0.25) is 4.79 Å². The number of carbonyl (C=O) groups is 1. The lowest BCUT2D eigenvalue weighted by Crippen LogP contribution is -2.11. The van der Waals surface area contributed by atoms with Crippen LogP contribution in [0, 0.1) is 5.92 Å². The van der Waals surface area contributed by atoms with Crippen molar-refractivity contribution >= 4 is 17.4 Å². The monoisotopic (exact) mass is 240 g/mol. The Hall–Kier alpha value is -1.02. The molecular weight excluding hydrogens is 224 g/mol. The van der Waals surface area contributed by atoms with E-state index in [2.05, 4.69) is 6.92 Å². The van der Waals surface area contributed by atoms with E-state index in [1.165, 1.54) is 0 Å². The van der Waals surface area contributed by atoms with Crippen molar-refractivity contribution in [1.29, 1.82) is 0 Å². The second-order valence-electron chi connectivity index (χ2n) is 3.90. The number of ether oxygens (including phenoxy) is 1. The van der Waals surface area contributed by atoms with Gasteiger partial charge in [-0.15, -0.1) is 0 Å². The van der Waals surface area contributed by atoms with Crippen molar-refractivity contribution in [3.05, 3.63) is 28.8 Å². The van der Waals surface area contributed by atoms with E-state index in [1.54, 1.807) is 25.3 Å². The van der Waals surface area contributed by atoms with Crippen LogP contribution >= 0.6 is 11.6 Å². The Kier molecular flexibility index (Phi) is 4.81. The van der Waals surface area contributed by atoms with Gasteiger partial charge in [0.1, 0.15) is 5.75 Å². The number of benzene rings is 1. The van der Waals surface area contributed by atoms with Crippen LogP contribution in [0.15, 0.2) is 18.2 Å². The Morgan fingerprint density at radius 1 is 1.50 bits per heavy atom. The lowest BCUT2D eigenvalue weighted by Gasteiger charge is -2.11. The molecule has 0 spiro atoms. The summed E-state index contributed by atoms with van der Waals surface area (Å²) in [6, 6.07) is 5.17. The molecule has 0 saturated carbocycles. The molecule has 1 aromatic carbocycles. The number of hydrogen-bond acceptors (Lipinski definition) is 2. The van der Waals surface area contributed by atoms with Gasteiger partial charge in [-0.05, 0) is 24.6 Å². The molecule has 2 nitrogen and oxygen atoms in total. The molecule has 0 fully saturated rings. The van der Waals surface area contributed by atoms with Crippen molar-refractivity contribution in [2.75, 3.05) is 7.11 Å². The largest absolute Gasteiger partial charge is 0.497 e. The molecule has 3 heteroatoms. The van der Waals surface area contributed by atoms with Gasteiger partial charge in [0.25, 0.3) is 0 Å². The second kappa shape index (κ2) is 5.90. The smallest absolute Gasteiger partial charge is 0.167 e. The molecule has 0 heterocycles. The van der Waals surface area contributed by atoms with Gasteiger partial charge in [-0.1, -0.05) is 31.9 Å². The molecule has 16 heavy (non-hydrogen) atoms. The Labute approximate surface area is 102 Å². The quantitative estimate of drug-likeness (QED) is 0.728. The summed E-state index contributed by atoms with van der Waals surface area (Å²) in [5.41, 5.74) is 0.586. The van der Waals surface area contributed by atoms with Crippen LogP contribution in [0.5, 0.6) is 5.75 Å². The van der Waals surface area contributed by atoms with Gasteiger partial charge in [0.2, 0.25) is 0 Å². The summed E-state index contributed by atoms with van der Waals surface area (Å²) in [5, 5.41) is 0.465. The standard InChI is InChI=1S/C13H17ClO2/c1-4-5-9(2)13(15)11-7-6-10(16-3)8-12(11)14/h6-9H,4-5H2,1-3H3. The van der Waals surface area contributed by atoms with Crippen molar-refractivity contribution in [3.8, 4) is 5.75 Å². The van der Waals surface area contributed by atoms with Gasteiger partial charge < -0.3 is 4.74 Å². The molecule has 0 N–H and O–H groups in total. The van der Waals surface area contributed by atoms with Crippen molar-refractivity contribution in [1.82, 2.24) is 0 Å². The molecule has 0 aliphatic carbocycles. The number of carbonyl (C=O) groups excluding carboxylic acids is 1. The highest BCUT2D eigenvalue weighted by atomic mass is 35.5. The number of hydrogen-bond donors (Lipinski definition) is 0. The summed E-state index contributed by atoms with van der Waals surface area (Å²) in [6.07, 6.45) is 1.89. The zero-order valence-electron chi connectivity index (χ0n) is 9.92. The van der Waals surface area contributed by atoms with E-state index in [4.69, 9.17) is 16.3 Å². The predicted molar refractivity (Wildman–Crippen MR) is 66.4 cm³/mol. The van der Waals surface area contributed by atoms with Crippen LogP contribution in [0.2, 0.25) is 5.02 Å². The molecule has 1 unspecified atom stereocenters. The fourth-order valence-corrected chi connectivity index (χ4v) is 1.92. The van der Waals surface area contributed by atoms with Crippen LogP contribution in [0.25, 0.3) is 0 Å². The molecule has 1 aromatic rings. The molecule has 0 aliphatic rings. The zero-order valence-corrected chi connectivity index (χ0v) is 10.7. The lowest BCUT2D eigenvalue weighted by atomic mass is 9.95. The highest BCUT2D eigenvalue weighted by molar-refractivity contribution is 6.34. The summed E-state index contributed by atoms with van der Waals surface area (Å²) >= 11 is 6.05. The molecule has 0 bridgehead atoms. The lowest BCUT2D eigenvalue weighted by molar-refractivity contribution is 0.0923. The molecule has 0 aliphatic heterocycles. The summed E-state index contributed by atoms with van der Waals surface area (Å²) < 4.78 is 5.04. The minimum absolute atomic E-state index is 0.0240. The Balaban J connectivity index is 2.91. The van der Waals surface area contributed by atoms with E-state index in [-0.39, 0.29) is 11.7 Å². The molecule has 0 saturated heterocycles. The highest BCUT2D eigenvalue weighted by Crippen LogP contribution is 2.25. The van der Waals surface area contributed by atoms with Crippen LogP contribution in [-0.2, 0) is 0 Å². The van der Waals surface area contributed by atoms with Crippen molar-refractivity contribution in [2.45, 2.75) is 26.7 Å². The normalized spacial score (nSPS) is 12.2. The first-order chi connectivity index (χ1) is 7.60. The van der Waals surface area contributed by atoms with Gasteiger partial charge in [0, 0.05) is 11.5 Å². The van der Waals surface area contributed by atoms with Crippen molar-refractivity contribution < 1.29 is 9.53 Å². The molecule has 1 atom stereocenters. The van der Waals surface area contributed by atoms with Crippen LogP contribution in [-0.4, -0.2) is 12.9 Å². The van der Waals surface area contributed by atoms with Gasteiger partial charge >= 0.3 is 0 Å². The maximum atomic E-state index is 12.0. The van der Waals surface area contributed by atoms with E-state index in [1.807, 2.05) is 6.92 Å². The van der Waals surface area contributed by atoms with Crippen LogP contribution in [0.3, 0.4) is 0 Å². The minimum Gasteiger partial charge on any atom is -0.497 e. The number of ketones is 1. The summed E-state index contributed by atoms with van der Waals surface area (Å²) in [5.74, 6) is 0.801. The van der Waals surface area contributed by atoms with Crippen molar-refractivity contribution in [3.63, 3.8) is 0 Å². The number of rotatable bonds is 5. The third-order valence-electron chi connectivity index (χ3n) is 2.61. The first kappa shape index (κ1) is 13.0. The summed E-state index contributed by atoms with van der Waals surface area (Å²) in [4.78, 5) is 12.0. The number of halogens is 1. The predicted octanol–water partition coefficient (Wildman–Crippen LogP) is 3.97. The van der Waals surface area contributed by atoms with Crippen LogP contribution in [0.4, 0.5) is 0 Å². The minimum atomic E-state index is 0.0240. The molecule has 0 amide bonds. The fourth-order valence-electron chi connectivity index (χ4n) is 1.65. The van der Waals surface area contributed by atoms with E-state index >= 15 is 0 Å². The molecular formula is C13H17ClO2. The van der Waals surface area contributed by atoms with Gasteiger partial charge in [-0.25, -0.2) is 0 Å². The molecule has 88 valence electrons. The summed E-state index contributed by atoms with van der Waals surface area (Å²) in [6.45, 7) is 4.01. The molecule has 1 rings (SSSR count).